The molecule has 0 unspecified atom stereocenters. The molecule has 2 aromatic rings. The normalized spacial score (nSPS) is 29.6. The van der Waals surface area contributed by atoms with E-state index in [4.69, 9.17) is 18.6 Å². The Kier molecular flexibility index (Phi) is 8.49. The fraction of sp³-hybridized carbons (Fsp3) is 0.487. The zero-order chi connectivity index (χ0) is 33.8. The Labute approximate surface area is 276 Å². The molecule has 0 aromatic heterocycles. The number of carbonyl (C=O) groups excluding carboxylic acids is 2. The molecule has 0 spiro atoms. The largest absolute Gasteiger partial charge is 0.500 e. The zero-order valence-corrected chi connectivity index (χ0v) is 29.8. The van der Waals surface area contributed by atoms with Gasteiger partial charge in [0.2, 0.25) is 0 Å². The number of Topliss-reactive ketones (excluding diaryl/α,β-unsaturated/α-hetero) is 1. The van der Waals surface area contributed by atoms with E-state index in [1.165, 1.54) is 0 Å². The number of ketones is 1. The molecular formula is C39H50O6Si. The van der Waals surface area contributed by atoms with E-state index in [2.05, 4.69) is 82.5 Å². The molecule has 3 aliphatic rings. The van der Waals surface area contributed by atoms with Gasteiger partial charge in [0.25, 0.3) is 8.32 Å². The summed E-state index contributed by atoms with van der Waals surface area (Å²) in [6, 6.07) is 20.9. The highest BCUT2D eigenvalue weighted by Gasteiger charge is 3.07. The van der Waals surface area contributed by atoms with Crippen LogP contribution in [0.1, 0.15) is 60.8 Å². The lowest BCUT2D eigenvalue weighted by atomic mass is 9.54. The van der Waals surface area contributed by atoms with Gasteiger partial charge in [-0.05, 0) is 47.2 Å². The first-order valence-corrected chi connectivity index (χ1v) is 18.2. The Bertz CT molecular complexity index is 1520. The summed E-state index contributed by atoms with van der Waals surface area (Å²) in [6.07, 6.45) is 5.00. The van der Waals surface area contributed by atoms with Crippen LogP contribution in [0.5, 0.6) is 0 Å². The molecule has 0 heterocycles. The number of allylic oxidation sites excluding steroid dienone is 3. The van der Waals surface area contributed by atoms with E-state index in [1.807, 2.05) is 32.1 Å². The summed E-state index contributed by atoms with van der Waals surface area (Å²) in [5.74, 6) is -0.0892. The predicted octanol–water partition coefficient (Wildman–Crippen LogP) is 6.55. The Hall–Kier alpha value is -3.26. The van der Waals surface area contributed by atoms with Crippen molar-refractivity contribution in [3.63, 3.8) is 0 Å². The van der Waals surface area contributed by atoms with E-state index in [-0.39, 0.29) is 24.0 Å². The molecule has 6 nitrogen and oxygen atoms in total. The number of esters is 1. The van der Waals surface area contributed by atoms with Crippen molar-refractivity contribution < 1.29 is 28.2 Å². The molecule has 246 valence electrons. The van der Waals surface area contributed by atoms with E-state index < -0.39 is 41.5 Å². The smallest absolute Gasteiger partial charge is 0.323 e. The van der Waals surface area contributed by atoms with Crippen LogP contribution in [-0.2, 0) is 28.2 Å². The molecule has 0 bridgehead atoms. The van der Waals surface area contributed by atoms with Crippen LogP contribution in [0.3, 0.4) is 0 Å². The van der Waals surface area contributed by atoms with E-state index in [9.17, 15) is 4.79 Å². The molecule has 3 aliphatic carbocycles. The first kappa shape index (κ1) is 34.1. The Balaban J connectivity index is 1.88. The fourth-order valence-corrected chi connectivity index (χ4v) is 14.7. The number of methoxy groups -OCH3 is 2. The van der Waals surface area contributed by atoms with Gasteiger partial charge in [0.15, 0.2) is 11.2 Å². The lowest BCUT2D eigenvalue weighted by Crippen LogP contribution is -2.69. The summed E-state index contributed by atoms with van der Waals surface area (Å²) in [6.45, 7) is 20.7. The number of fused-ring (bicyclic) bond motifs is 1. The fourth-order valence-electron chi connectivity index (χ4n) is 10.1. The third-order valence-electron chi connectivity index (χ3n) is 11.6. The maximum Gasteiger partial charge on any atom is 0.323 e. The van der Waals surface area contributed by atoms with E-state index in [1.54, 1.807) is 27.2 Å². The van der Waals surface area contributed by atoms with Gasteiger partial charge >= 0.3 is 5.97 Å². The highest BCUT2D eigenvalue weighted by atomic mass is 28.4. The minimum absolute atomic E-state index is 0.0940. The van der Waals surface area contributed by atoms with Gasteiger partial charge in [-0.1, -0.05) is 107 Å². The summed E-state index contributed by atoms with van der Waals surface area (Å²) in [7, 11) is 0.162. The Morgan fingerprint density at radius 2 is 1.52 bits per heavy atom. The van der Waals surface area contributed by atoms with Crippen LogP contribution >= 0.6 is 0 Å². The van der Waals surface area contributed by atoms with Gasteiger partial charge in [0.1, 0.15) is 11.4 Å². The second-order valence-electron chi connectivity index (χ2n) is 14.5. The van der Waals surface area contributed by atoms with Gasteiger partial charge in [-0.15, -0.1) is 13.2 Å². The second kappa shape index (κ2) is 11.5. The predicted molar refractivity (Wildman–Crippen MR) is 184 cm³/mol. The highest BCUT2D eigenvalue weighted by Crippen LogP contribution is 2.94. The zero-order valence-electron chi connectivity index (χ0n) is 28.8. The highest BCUT2D eigenvalue weighted by molar-refractivity contribution is 6.99. The Morgan fingerprint density at radius 3 is 1.96 bits per heavy atom. The number of carbonyl (C=O) groups is 2. The molecule has 0 N–H and O–H groups in total. The quantitative estimate of drug-likeness (QED) is 0.107. The minimum atomic E-state index is -3.11. The number of benzene rings is 2. The second-order valence-corrected chi connectivity index (χ2v) is 18.9. The average Bonchev–Trinajstić information content (AvgIpc) is 3.53. The summed E-state index contributed by atoms with van der Waals surface area (Å²) in [5.41, 5.74) is -5.11. The van der Waals surface area contributed by atoms with Crippen LogP contribution in [0, 0.1) is 21.7 Å². The van der Waals surface area contributed by atoms with E-state index in [0.29, 0.717) is 25.0 Å². The van der Waals surface area contributed by atoms with Crippen LogP contribution in [0.4, 0.5) is 0 Å². The first-order chi connectivity index (χ1) is 21.8. The van der Waals surface area contributed by atoms with Crippen molar-refractivity contribution in [3.8, 4) is 0 Å². The van der Waals surface area contributed by atoms with Crippen molar-refractivity contribution in [3.05, 3.63) is 97.3 Å². The number of ether oxygens (including phenoxy) is 3. The number of hydrogen-bond donors (Lipinski definition) is 0. The third-order valence-corrected chi connectivity index (χ3v) is 16.5. The average molecular weight is 643 g/mol. The molecule has 2 fully saturated rings. The monoisotopic (exact) mass is 642 g/mol. The van der Waals surface area contributed by atoms with Crippen LogP contribution < -0.4 is 10.4 Å². The van der Waals surface area contributed by atoms with Crippen molar-refractivity contribution >= 4 is 30.4 Å². The molecule has 4 atom stereocenters. The minimum Gasteiger partial charge on any atom is -0.500 e. The van der Waals surface area contributed by atoms with Gasteiger partial charge in [-0.3, -0.25) is 9.59 Å². The lowest BCUT2D eigenvalue weighted by Gasteiger charge is -2.55. The summed E-state index contributed by atoms with van der Waals surface area (Å²) in [5, 5.41) is 1.91. The molecule has 46 heavy (non-hydrogen) atoms. The molecule has 2 saturated carbocycles. The van der Waals surface area contributed by atoms with Crippen molar-refractivity contribution in [2.24, 2.45) is 21.7 Å². The number of rotatable bonds is 13. The van der Waals surface area contributed by atoms with Crippen molar-refractivity contribution in [1.82, 2.24) is 0 Å². The topological polar surface area (TPSA) is 71.1 Å². The van der Waals surface area contributed by atoms with Crippen LogP contribution in [0.15, 0.2) is 97.3 Å². The lowest BCUT2D eigenvalue weighted by molar-refractivity contribution is -0.158. The van der Waals surface area contributed by atoms with Gasteiger partial charge in [0, 0.05) is 17.9 Å². The van der Waals surface area contributed by atoms with Crippen molar-refractivity contribution in [1.29, 1.82) is 0 Å². The molecule has 2 aromatic carbocycles. The van der Waals surface area contributed by atoms with Crippen LogP contribution in [0.25, 0.3) is 0 Å². The van der Waals surface area contributed by atoms with Crippen LogP contribution in [0.2, 0.25) is 5.04 Å². The third kappa shape index (κ3) is 3.71. The van der Waals surface area contributed by atoms with Crippen molar-refractivity contribution in [2.45, 2.75) is 71.4 Å². The Morgan fingerprint density at radius 1 is 0.957 bits per heavy atom. The molecule has 0 amide bonds. The molecule has 7 heteroatoms. The van der Waals surface area contributed by atoms with Crippen molar-refractivity contribution in [2.75, 3.05) is 27.4 Å². The van der Waals surface area contributed by atoms with Gasteiger partial charge in [0.05, 0.1) is 25.7 Å². The molecule has 5 rings (SSSR count). The first-order valence-electron chi connectivity index (χ1n) is 16.3. The molecular weight excluding hydrogens is 593 g/mol. The van der Waals surface area contributed by atoms with E-state index >= 15 is 4.79 Å². The molecule has 0 saturated heterocycles. The molecule has 0 aliphatic heterocycles. The van der Waals surface area contributed by atoms with Crippen LogP contribution in [-0.4, -0.2) is 53.1 Å². The van der Waals surface area contributed by atoms with Gasteiger partial charge in [-0.25, -0.2) is 0 Å². The summed E-state index contributed by atoms with van der Waals surface area (Å²) < 4.78 is 26.6. The van der Waals surface area contributed by atoms with Gasteiger partial charge in [-0.2, -0.15) is 0 Å². The maximum absolute atomic E-state index is 15.2. The van der Waals surface area contributed by atoms with Gasteiger partial charge < -0.3 is 18.6 Å². The maximum atomic E-state index is 15.2. The SMILES string of the molecule is C=CCC1=C(OC)[C@]2(CO[Si](c3ccccc3)(c3ccccc3)C(C)(C)C)C(C)(C)C(=O)[C@]3(C(=O)OCC)[C@](CC=C)(C1)[C@@]32OC. The number of hydrogen-bond acceptors (Lipinski definition) is 6. The summed E-state index contributed by atoms with van der Waals surface area (Å²) in [4.78, 5) is 29.6. The standard InChI is InChI=1S/C39H50O6Si/c1-11-20-28-26-36(25-12-2)38(33(41)44-13-3)32(40)35(7,8)37(31(28)42-9,39(36,38)43-10)27-45-46(34(4,5)6,29-21-16-14-17-22-29)30-23-18-15-19-24-30/h11-12,14-19,21-24H,1-2,13,20,25-27H2,3-10H3/t36-,37+,38-,39-/m0/s1. The summed E-state index contributed by atoms with van der Waals surface area (Å²) >= 11 is 0. The van der Waals surface area contributed by atoms with E-state index in [0.717, 1.165) is 15.9 Å². The molecule has 0 radical (unpaired) electrons.